The van der Waals surface area contributed by atoms with E-state index in [1.807, 2.05) is 12.1 Å². The molecule has 1 aromatic carbocycles. The van der Waals surface area contributed by atoms with Crippen LogP contribution in [0.5, 0.6) is 5.75 Å². The predicted octanol–water partition coefficient (Wildman–Crippen LogP) is 4.45. The maximum atomic E-state index is 10.9. The third kappa shape index (κ3) is 3.00. The van der Waals surface area contributed by atoms with Crippen molar-refractivity contribution in [3.8, 4) is 5.75 Å². The zero-order valence-electron chi connectivity index (χ0n) is 8.65. The van der Waals surface area contributed by atoms with Crippen LogP contribution >= 0.6 is 34.5 Å². The van der Waals surface area contributed by atoms with Gasteiger partial charge in [-0.05, 0) is 24.3 Å². The molecule has 2 rings (SSSR count). The van der Waals surface area contributed by atoms with Gasteiger partial charge in [-0.15, -0.1) is 11.3 Å². The van der Waals surface area contributed by atoms with E-state index in [2.05, 4.69) is 0 Å². The second-order valence-corrected chi connectivity index (χ2v) is 5.47. The topological polar surface area (TPSA) is 26.3 Å². The molecule has 0 amide bonds. The molecule has 0 saturated carbocycles. The van der Waals surface area contributed by atoms with Crippen LogP contribution in [0.2, 0.25) is 9.36 Å². The molecule has 17 heavy (non-hydrogen) atoms. The largest absolute Gasteiger partial charge is 0.487 e. The molecule has 0 fully saturated rings. The Labute approximate surface area is 113 Å². The molecule has 0 aliphatic heterocycles. The van der Waals surface area contributed by atoms with E-state index in [4.69, 9.17) is 27.9 Å². The minimum absolute atomic E-state index is 0.372. The van der Waals surface area contributed by atoms with Gasteiger partial charge in [-0.1, -0.05) is 29.3 Å². The van der Waals surface area contributed by atoms with Crippen molar-refractivity contribution in [2.24, 2.45) is 0 Å². The van der Waals surface area contributed by atoms with Crippen molar-refractivity contribution < 1.29 is 9.53 Å². The van der Waals surface area contributed by atoms with Gasteiger partial charge in [0, 0.05) is 4.88 Å². The van der Waals surface area contributed by atoms with Gasteiger partial charge in [0.15, 0.2) is 6.29 Å². The van der Waals surface area contributed by atoms with E-state index in [0.29, 0.717) is 33.6 Å². The van der Waals surface area contributed by atoms with Crippen LogP contribution in [0, 0.1) is 0 Å². The van der Waals surface area contributed by atoms with Gasteiger partial charge in [0.2, 0.25) is 0 Å². The molecule has 1 aromatic heterocycles. The molecule has 1 heterocycles. The number of rotatable bonds is 4. The summed E-state index contributed by atoms with van der Waals surface area (Å²) in [4.78, 5) is 11.9. The molecule has 5 heteroatoms. The Morgan fingerprint density at radius 2 is 2.06 bits per heavy atom. The van der Waals surface area contributed by atoms with Crippen LogP contribution in [0.1, 0.15) is 15.2 Å². The lowest BCUT2D eigenvalue weighted by Gasteiger charge is -2.07. The second-order valence-electron chi connectivity index (χ2n) is 3.26. The van der Waals surface area contributed by atoms with Crippen molar-refractivity contribution in [2.45, 2.75) is 6.61 Å². The summed E-state index contributed by atoms with van der Waals surface area (Å²) in [5, 5.41) is 0.390. The SMILES string of the molecule is O=Cc1c(Cl)cccc1OCc1ccc(Cl)s1. The predicted molar refractivity (Wildman–Crippen MR) is 70.5 cm³/mol. The highest BCUT2D eigenvalue weighted by atomic mass is 35.5. The number of thiophene rings is 1. The highest BCUT2D eigenvalue weighted by Crippen LogP contribution is 2.27. The van der Waals surface area contributed by atoms with Gasteiger partial charge in [0.25, 0.3) is 0 Å². The molecule has 2 nitrogen and oxygen atoms in total. The quantitative estimate of drug-likeness (QED) is 0.777. The first-order valence-corrected chi connectivity index (χ1v) is 6.38. The first-order valence-electron chi connectivity index (χ1n) is 4.81. The van der Waals surface area contributed by atoms with Crippen molar-refractivity contribution in [3.05, 3.63) is 50.1 Å². The van der Waals surface area contributed by atoms with Crippen LogP contribution in [0.15, 0.2) is 30.3 Å². The van der Waals surface area contributed by atoms with Crippen molar-refractivity contribution in [2.75, 3.05) is 0 Å². The van der Waals surface area contributed by atoms with Crippen LogP contribution in [0.3, 0.4) is 0 Å². The monoisotopic (exact) mass is 286 g/mol. The number of hydrogen-bond donors (Lipinski definition) is 0. The molecule has 2 aromatic rings. The number of hydrogen-bond acceptors (Lipinski definition) is 3. The third-order valence-corrected chi connectivity index (χ3v) is 3.66. The molecule has 0 unspecified atom stereocenters. The lowest BCUT2D eigenvalue weighted by atomic mass is 10.2. The normalized spacial score (nSPS) is 10.2. The average molecular weight is 287 g/mol. The summed E-state index contributed by atoms with van der Waals surface area (Å²) >= 11 is 13.1. The van der Waals surface area contributed by atoms with Crippen LogP contribution in [-0.4, -0.2) is 6.29 Å². The van der Waals surface area contributed by atoms with Gasteiger partial charge in [0.05, 0.1) is 14.9 Å². The van der Waals surface area contributed by atoms with E-state index in [1.165, 1.54) is 11.3 Å². The Balaban J connectivity index is 2.14. The highest BCUT2D eigenvalue weighted by molar-refractivity contribution is 7.16. The summed E-state index contributed by atoms with van der Waals surface area (Å²) in [6.45, 7) is 0.374. The second kappa shape index (κ2) is 5.54. The molecule has 88 valence electrons. The molecular weight excluding hydrogens is 279 g/mol. The number of benzene rings is 1. The number of carbonyl (C=O) groups is 1. The lowest BCUT2D eigenvalue weighted by Crippen LogP contribution is -1.96. The Morgan fingerprint density at radius 3 is 2.71 bits per heavy atom. The number of carbonyl (C=O) groups excluding carboxylic acids is 1. The van der Waals surface area contributed by atoms with E-state index in [-0.39, 0.29) is 0 Å². The summed E-state index contributed by atoms with van der Waals surface area (Å²) in [5.41, 5.74) is 0.372. The number of aldehydes is 1. The Bertz CT molecular complexity index is 537. The Morgan fingerprint density at radius 1 is 1.24 bits per heavy atom. The lowest BCUT2D eigenvalue weighted by molar-refractivity contribution is 0.111. The summed E-state index contributed by atoms with van der Waals surface area (Å²) in [5.74, 6) is 0.483. The van der Waals surface area contributed by atoms with Gasteiger partial charge in [-0.2, -0.15) is 0 Å². The molecule has 0 aliphatic rings. The van der Waals surface area contributed by atoms with E-state index in [9.17, 15) is 4.79 Å². The maximum absolute atomic E-state index is 10.9. The van der Waals surface area contributed by atoms with Gasteiger partial charge in [-0.3, -0.25) is 4.79 Å². The standard InChI is InChI=1S/C12H8Cl2O2S/c13-10-2-1-3-11(9(10)6-15)16-7-8-4-5-12(14)17-8/h1-6H,7H2. The number of ether oxygens (including phenoxy) is 1. The summed E-state index contributed by atoms with van der Waals surface area (Å²) < 4.78 is 6.26. The minimum atomic E-state index is 0.372. The molecule has 0 bridgehead atoms. The Kier molecular flexibility index (Phi) is 4.05. The smallest absolute Gasteiger partial charge is 0.155 e. The molecule has 0 aliphatic carbocycles. The fourth-order valence-corrected chi connectivity index (χ4v) is 2.55. The van der Waals surface area contributed by atoms with Crippen LogP contribution in [0.4, 0.5) is 0 Å². The number of halogens is 2. The molecule has 0 radical (unpaired) electrons. The van der Waals surface area contributed by atoms with Crippen molar-refractivity contribution in [1.29, 1.82) is 0 Å². The minimum Gasteiger partial charge on any atom is -0.487 e. The first-order chi connectivity index (χ1) is 8.20. The van der Waals surface area contributed by atoms with Crippen LogP contribution in [-0.2, 0) is 6.61 Å². The fraction of sp³-hybridized carbons (Fsp3) is 0.0833. The van der Waals surface area contributed by atoms with E-state index in [1.54, 1.807) is 18.2 Å². The van der Waals surface area contributed by atoms with Gasteiger partial charge < -0.3 is 4.74 Å². The average Bonchev–Trinajstić information content (AvgIpc) is 2.72. The molecular formula is C12H8Cl2O2S. The maximum Gasteiger partial charge on any atom is 0.155 e. The van der Waals surface area contributed by atoms with Crippen molar-refractivity contribution in [1.82, 2.24) is 0 Å². The van der Waals surface area contributed by atoms with E-state index < -0.39 is 0 Å². The van der Waals surface area contributed by atoms with Crippen molar-refractivity contribution >= 4 is 40.8 Å². The van der Waals surface area contributed by atoms with Gasteiger partial charge >= 0.3 is 0 Å². The van der Waals surface area contributed by atoms with Gasteiger partial charge in [-0.25, -0.2) is 0 Å². The molecule has 0 saturated heterocycles. The molecule has 0 spiro atoms. The zero-order valence-corrected chi connectivity index (χ0v) is 11.0. The van der Waals surface area contributed by atoms with Crippen LogP contribution in [0.25, 0.3) is 0 Å². The van der Waals surface area contributed by atoms with Gasteiger partial charge in [0.1, 0.15) is 12.4 Å². The first kappa shape index (κ1) is 12.4. The van der Waals surface area contributed by atoms with Crippen molar-refractivity contribution in [3.63, 3.8) is 0 Å². The fourth-order valence-electron chi connectivity index (χ4n) is 1.34. The molecule has 0 atom stereocenters. The summed E-state index contributed by atoms with van der Waals surface area (Å²) in [7, 11) is 0. The zero-order chi connectivity index (χ0) is 12.3. The summed E-state index contributed by atoms with van der Waals surface area (Å²) in [6.07, 6.45) is 0.694. The van der Waals surface area contributed by atoms with E-state index in [0.717, 1.165) is 4.88 Å². The van der Waals surface area contributed by atoms with Crippen LogP contribution < -0.4 is 4.74 Å². The Hall–Kier alpha value is -1.03. The molecule has 0 N–H and O–H groups in total. The third-order valence-electron chi connectivity index (χ3n) is 2.13. The van der Waals surface area contributed by atoms with E-state index >= 15 is 0 Å². The highest BCUT2D eigenvalue weighted by Gasteiger charge is 2.07. The summed E-state index contributed by atoms with van der Waals surface area (Å²) in [6, 6.07) is 8.80.